The minimum atomic E-state index is -1.27. The number of ether oxygens (including phenoxy) is 2. The highest BCUT2D eigenvalue weighted by Crippen LogP contribution is 2.39. The van der Waals surface area contributed by atoms with Crippen molar-refractivity contribution in [2.75, 3.05) is 19.1 Å². The Morgan fingerprint density at radius 1 is 1.20 bits per heavy atom. The SMILES string of the molecule is COc1ccc2c(c1OC)C(=O)N(c1cccc(C=CC(=O)[O-])c1)C2. The maximum absolute atomic E-state index is 12.9. The summed E-state index contributed by atoms with van der Waals surface area (Å²) in [7, 11) is 3.02. The van der Waals surface area contributed by atoms with Gasteiger partial charge in [-0.05, 0) is 35.4 Å². The van der Waals surface area contributed by atoms with E-state index in [0.29, 0.717) is 34.9 Å². The van der Waals surface area contributed by atoms with Crippen molar-refractivity contribution >= 4 is 23.6 Å². The lowest BCUT2D eigenvalue weighted by molar-refractivity contribution is -0.297. The number of hydrogen-bond acceptors (Lipinski definition) is 5. The second-order valence-corrected chi connectivity index (χ2v) is 5.47. The van der Waals surface area contributed by atoms with Crippen molar-refractivity contribution in [2.24, 2.45) is 0 Å². The molecular formula is C19H16NO5-. The van der Waals surface area contributed by atoms with Crippen LogP contribution >= 0.6 is 0 Å². The molecule has 3 rings (SSSR count). The van der Waals surface area contributed by atoms with E-state index in [0.717, 1.165) is 11.6 Å². The molecular weight excluding hydrogens is 322 g/mol. The Morgan fingerprint density at radius 2 is 2.00 bits per heavy atom. The molecule has 0 atom stereocenters. The Balaban J connectivity index is 1.97. The van der Waals surface area contributed by atoms with Crippen molar-refractivity contribution in [3.8, 4) is 11.5 Å². The third-order valence-corrected chi connectivity index (χ3v) is 4.01. The van der Waals surface area contributed by atoms with Crippen LogP contribution in [-0.4, -0.2) is 26.1 Å². The van der Waals surface area contributed by atoms with Crippen LogP contribution in [0.25, 0.3) is 6.08 Å². The van der Waals surface area contributed by atoms with Gasteiger partial charge in [0, 0.05) is 5.69 Å². The number of carbonyl (C=O) groups is 2. The summed E-state index contributed by atoms with van der Waals surface area (Å²) in [5, 5.41) is 10.6. The Bertz CT molecular complexity index is 872. The second kappa shape index (κ2) is 6.68. The number of nitrogens with zero attached hydrogens (tertiary/aromatic N) is 1. The van der Waals surface area contributed by atoms with Crippen molar-refractivity contribution in [1.29, 1.82) is 0 Å². The number of methoxy groups -OCH3 is 2. The average Bonchev–Trinajstić information content (AvgIpc) is 2.96. The van der Waals surface area contributed by atoms with Crippen molar-refractivity contribution in [2.45, 2.75) is 6.54 Å². The van der Waals surface area contributed by atoms with Gasteiger partial charge < -0.3 is 24.3 Å². The van der Waals surface area contributed by atoms with Crippen LogP contribution in [0.4, 0.5) is 5.69 Å². The van der Waals surface area contributed by atoms with E-state index in [1.165, 1.54) is 20.3 Å². The molecule has 0 aliphatic carbocycles. The van der Waals surface area contributed by atoms with Gasteiger partial charge in [0.05, 0.1) is 32.3 Å². The fourth-order valence-electron chi connectivity index (χ4n) is 2.88. The van der Waals surface area contributed by atoms with E-state index in [-0.39, 0.29) is 5.91 Å². The van der Waals surface area contributed by atoms with Gasteiger partial charge in [0.2, 0.25) is 0 Å². The van der Waals surface area contributed by atoms with Crippen molar-refractivity contribution in [3.63, 3.8) is 0 Å². The van der Waals surface area contributed by atoms with Gasteiger partial charge in [0.1, 0.15) is 0 Å². The van der Waals surface area contributed by atoms with Gasteiger partial charge in [-0.25, -0.2) is 0 Å². The first-order valence-corrected chi connectivity index (χ1v) is 7.60. The van der Waals surface area contributed by atoms with E-state index < -0.39 is 5.97 Å². The number of carboxylic acid groups (broad SMARTS) is 1. The topological polar surface area (TPSA) is 78.9 Å². The lowest BCUT2D eigenvalue weighted by Crippen LogP contribution is -2.23. The van der Waals surface area contributed by atoms with Gasteiger partial charge >= 0.3 is 0 Å². The highest BCUT2D eigenvalue weighted by molar-refractivity contribution is 6.12. The number of carboxylic acids is 1. The third kappa shape index (κ3) is 3.06. The van der Waals surface area contributed by atoms with E-state index in [4.69, 9.17) is 9.47 Å². The average molecular weight is 338 g/mol. The summed E-state index contributed by atoms with van der Waals surface area (Å²) in [6.07, 6.45) is 2.38. The number of hydrogen-bond donors (Lipinski definition) is 0. The summed E-state index contributed by atoms with van der Waals surface area (Å²) in [6, 6.07) is 10.7. The van der Waals surface area contributed by atoms with E-state index in [1.807, 2.05) is 6.07 Å². The molecule has 0 N–H and O–H groups in total. The zero-order chi connectivity index (χ0) is 18.0. The van der Waals surface area contributed by atoms with Crippen LogP contribution in [0, 0.1) is 0 Å². The molecule has 2 aromatic carbocycles. The summed E-state index contributed by atoms with van der Waals surface area (Å²) >= 11 is 0. The van der Waals surface area contributed by atoms with Crippen LogP contribution in [-0.2, 0) is 11.3 Å². The van der Waals surface area contributed by atoms with E-state index in [2.05, 4.69) is 0 Å². The molecule has 6 nitrogen and oxygen atoms in total. The Labute approximate surface area is 144 Å². The molecule has 1 aliphatic heterocycles. The van der Waals surface area contributed by atoms with Crippen molar-refractivity contribution in [1.82, 2.24) is 0 Å². The first-order valence-electron chi connectivity index (χ1n) is 7.60. The van der Waals surface area contributed by atoms with E-state index in [1.54, 1.807) is 35.2 Å². The predicted octanol–water partition coefficient (Wildman–Crippen LogP) is 1.63. The number of carbonyl (C=O) groups excluding carboxylic acids is 2. The minimum Gasteiger partial charge on any atom is -0.545 e. The van der Waals surface area contributed by atoms with Gasteiger partial charge in [-0.3, -0.25) is 4.79 Å². The lowest BCUT2D eigenvalue weighted by atomic mass is 10.1. The highest BCUT2D eigenvalue weighted by Gasteiger charge is 2.33. The molecule has 0 fully saturated rings. The summed E-state index contributed by atoms with van der Waals surface area (Å²) in [5.74, 6) is -0.540. The second-order valence-electron chi connectivity index (χ2n) is 5.47. The molecule has 0 bridgehead atoms. The number of amides is 1. The molecule has 0 unspecified atom stereocenters. The van der Waals surface area contributed by atoms with Gasteiger partial charge in [0.25, 0.3) is 5.91 Å². The number of fused-ring (bicyclic) bond motifs is 1. The van der Waals surface area contributed by atoms with Crippen LogP contribution in [0.15, 0.2) is 42.5 Å². The maximum Gasteiger partial charge on any atom is 0.262 e. The van der Waals surface area contributed by atoms with E-state index >= 15 is 0 Å². The highest BCUT2D eigenvalue weighted by atomic mass is 16.5. The predicted molar refractivity (Wildman–Crippen MR) is 90.5 cm³/mol. The smallest absolute Gasteiger partial charge is 0.262 e. The molecule has 1 heterocycles. The monoisotopic (exact) mass is 338 g/mol. The zero-order valence-electron chi connectivity index (χ0n) is 13.8. The number of benzene rings is 2. The first-order chi connectivity index (χ1) is 12.0. The zero-order valence-corrected chi connectivity index (χ0v) is 13.8. The van der Waals surface area contributed by atoms with Crippen LogP contribution < -0.4 is 19.5 Å². The first kappa shape index (κ1) is 16.6. The molecule has 0 radical (unpaired) electrons. The molecule has 0 saturated heterocycles. The van der Waals surface area contributed by atoms with Gasteiger partial charge in [-0.1, -0.05) is 24.3 Å². The quantitative estimate of drug-likeness (QED) is 0.774. The summed E-state index contributed by atoms with van der Waals surface area (Å²) < 4.78 is 10.6. The fraction of sp³-hybridized carbons (Fsp3) is 0.158. The molecule has 0 saturated carbocycles. The number of anilines is 1. The summed E-state index contributed by atoms with van der Waals surface area (Å²) in [5.41, 5.74) is 2.66. The van der Waals surface area contributed by atoms with Gasteiger partial charge in [-0.2, -0.15) is 0 Å². The standard InChI is InChI=1S/C19H17NO5/c1-24-15-8-7-13-11-20(19(23)17(13)18(15)25-2)14-5-3-4-12(10-14)6-9-16(21)22/h3-10H,11H2,1-2H3,(H,21,22)/p-1. The fourth-order valence-corrected chi connectivity index (χ4v) is 2.88. The minimum absolute atomic E-state index is 0.188. The molecule has 1 aliphatic rings. The maximum atomic E-state index is 12.9. The van der Waals surface area contributed by atoms with Crippen molar-refractivity contribution < 1.29 is 24.2 Å². The van der Waals surface area contributed by atoms with Crippen LogP contribution in [0.2, 0.25) is 0 Å². The summed E-state index contributed by atoms with van der Waals surface area (Å²) in [4.78, 5) is 25.1. The Hall–Kier alpha value is -3.28. The largest absolute Gasteiger partial charge is 0.545 e. The Morgan fingerprint density at radius 3 is 2.68 bits per heavy atom. The van der Waals surface area contributed by atoms with Crippen molar-refractivity contribution in [3.05, 3.63) is 59.2 Å². The number of aliphatic carboxylic acids is 1. The number of rotatable bonds is 5. The molecule has 25 heavy (non-hydrogen) atoms. The van der Waals surface area contributed by atoms with Crippen LogP contribution in [0.5, 0.6) is 11.5 Å². The molecule has 0 spiro atoms. The van der Waals surface area contributed by atoms with Crippen LogP contribution in [0.3, 0.4) is 0 Å². The molecule has 6 heteroatoms. The Kier molecular flexibility index (Phi) is 4.43. The van der Waals surface area contributed by atoms with Crippen LogP contribution in [0.1, 0.15) is 21.5 Å². The third-order valence-electron chi connectivity index (χ3n) is 4.01. The van der Waals surface area contributed by atoms with Gasteiger partial charge in [0.15, 0.2) is 11.5 Å². The normalized spacial score (nSPS) is 13.2. The molecule has 0 aromatic heterocycles. The van der Waals surface area contributed by atoms with E-state index in [9.17, 15) is 14.7 Å². The van der Waals surface area contributed by atoms with Gasteiger partial charge in [-0.15, -0.1) is 0 Å². The lowest BCUT2D eigenvalue weighted by Gasteiger charge is -2.16. The summed E-state index contributed by atoms with van der Waals surface area (Å²) in [6.45, 7) is 0.405. The molecule has 2 aromatic rings. The molecule has 1 amide bonds. The molecule has 128 valence electrons.